The average molecular weight is 360 g/mol. The van der Waals surface area contributed by atoms with E-state index in [1.807, 2.05) is 51.1 Å². The van der Waals surface area contributed by atoms with Crippen molar-refractivity contribution in [1.82, 2.24) is 0 Å². The van der Waals surface area contributed by atoms with Gasteiger partial charge in [0.15, 0.2) is 0 Å². The number of sulfonamides is 1. The molecule has 0 heterocycles. The zero-order valence-corrected chi connectivity index (χ0v) is 16.0. The fourth-order valence-corrected chi connectivity index (χ4v) is 3.91. The Hall–Kier alpha value is -2.34. The van der Waals surface area contributed by atoms with Gasteiger partial charge in [0.2, 0.25) is 15.9 Å². The molecule has 2 aromatic carbocycles. The topological polar surface area (TPSA) is 66.5 Å². The predicted octanol–water partition coefficient (Wildman–Crippen LogP) is 3.41. The Labute approximate surface area is 149 Å². The van der Waals surface area contributed by atoms with Crippen LogP contribution < -0.4 is 9.62 Å². The highest BCUT2D eigenvalue weighted by Crippen LogP contribution is 2.24. The third kappa shape index (κ3) is 4.39. The Morgan fingerprint density at radius 3 is 2.00 bits per heavy atom. The van der Waals surface area contributed by atoms with Crippen molar-refractivity contribution < 1.29 is 13.2 Å². The molecule has 2 rings (SSSR count). The van der Waals surface area contributed by atoms with Crippen LogP contribution in [0.25, 0.3) is 0 Å². The van der Waals surface area contributed by atoms with Crippen LogP contribution in [-0.2, 0) is 14.8 Å². The summed E-state index contributed by atoms with van der Waals surface area (Å²) in [6.07, 6.45) is 1.11. The lowest BCUT2D eigenvalue weighted by atomic mass is 10.1. The Balaban J connectivity index is 2.35. The molecule has 2 aromatic rings. The Morgan fingerprint density at radius 1 is 1.00 bits per heavy atom. The molecule has 0 aromatic heterocycles. The molecular weight excluding hydrogens is 336 g/mol. The third-order valence-electron chi connectivity index (χ3n) is 4.11. The maximum Gasteiger partial charge on any atom is 0.248 e. The molecule has 0 aliphatic heterocycles. The van der Waals surface area contributed by atoms with E-state index in [0.717, 1.165) is 32.9 Å². The van der Waals surface area contributed by atoms with Crippen LogP contribution in [0.5, 0.6) is 0 Å². The van der Waals surface area contributed by atoms with Crippen LogP contribution in [0, 0.1) is 20.8 Å². The molecule has 1 unspecified atom stereocenters. The molecule has 25 heavy (non-hydrogen) atoms. The summed E-state index contributed by atoms with van der Waals surface area (Å²) < 4.78 is 25.7. The molecule has 0 spiro atoms. The summed E-state index contributed by atoms with van der Waals surface area (Å²) in [5.74, 6) is -0.372. The zero-order chi connectivity index (χ0) is 18.8. The SMILES string of the molecule is Cc1ccc(N(C(C)C(=O)Nc2c(C)cccc2C)S(C)(=O)=O)cc1. The quantitative estimate of drug-likeness (QED) is 0.888. The number of para-hydroxylation sites is 1. The Bertz CT molecular complexity index is 854. The van der Waals surface area contributed by atoms with Gasteiger partial charge in [0.25, 0.3) is 0 Å². The lowest BCUT2D eigenvalue weighted by Gasteiger charge is -2.28. The van der Waals surface area contributed by atoms with Gasteiger partial charge in [-0.25, -0.2) is 8.42 Å². The van der Waals surface area contributed by atoms with Crippen LogP contribution in [0.2, 0.25) is 0 Å². The number of anilines is 2. The standard InChI is InChI=1S/C19H24N2O3S/c1-13-9-11-17(12-10-13)21(25(5,23)24)16(4)19(22)20-18-14(2)7-6-8-15(18)3/h6-12,16H,1-5H3,(H,20,22). The summed E-state index contributed by atoms with van der Waals surface area (Å²) >= 11 is 0. The minimum Gasteiger partial charge on any atom is -0.324 e. The number of hydrogen-bond donors (Lipinski definition) is 1. The maximum atomic E-state index is 12.7. The van der Waals surface area contributed by atoms with E-state index in [0.29, 0.717) is 5.69 Å². The van der Waals surface area contributed by atoms with Crippen LogP contribution in [0.15, 0.2) is 42.5 Å². The maximum absolute atomic E-state index is 12.7. The molecule has 5 nitrogen and oxygen atoms in total. The Kier molecular flexibility index (Phi) is 5.52. The van der Waals surface area contributed by atoms with Crippen LogP contribution in [0.1, 0.15) is 23.6 Å². The molecule has 1 atom stereocenters. The van der Waals surface area contributed by atoms with E-state index in [-0.39, 0.29) is 5.91 Å². The first kappa shape index (κ1) is 19.0. The minimum atomic E-state index is -3.62. The summed E-state index contributed by atoms with van der Waals surface area (Å²) in [5, 5.41) is 2.87. The van der Waals surface area contributed by atoms with Gasteiger partial charge >= 0.3 is 0 Å². The lowest BCUT2D eigenvalue weighted by Crippen LogP contribution is -2.45. The first-order chi connectivity index (χ1) is 11.6. The van der Waals surface area contributed by atoms with E-state index in [1.54, 1.807) is 19.1 Å². The van der Waals surface area contributed by atoms with E-state index >= 15 is 0 Å². The van der Waals surface area contributed by atoms with Gasteiger partial charge in [-0.3, -0.25) is 9.10 Å². The highest BCUT2D eigenvalue weighted by molar-refractivity contribution is 7.92. The van der Waals surface area contributed by atoms with E-state index < -0.39 is 16.1 Å². The van der Waals surface area contributed by atoms with Gasteiger partial charge in [-0.1, -0.05) is 35.9 Å². The van der Waals surface area contributed by atoms with Crippen molar-refractivity contribution >= 4 is 27.3 Å². The van der Waals surface area contributed by atoms with Gasteiger partial charge in [-0.2, -0.15) is 0 Å². The zero-order valence-electron chi connectivity index (χ0n) is 15.2. The van der Waals surface area contributed by atoms with Crippen molar-refractivity contribution in [3.63, 3.8) is 0 Å². The second-order valence-corrected chi connectivity index (χ2v) is 8.19. The largest absolute Gasteiger partial charge is 0.324 e. The van der Waals surface area contributed by atoms with Crippen molar-refractivity contribution in [2.45, 2.75) is 33.7 Å². The van der Waals surface area contributed by atoms with Gasteiger partial charge < -0.3 is 5.32 Å². The molecule has 6 heteroatoms. The monoisotopic (exact) mass is 360 g/mol. The summed E-state index contributed by atoms with van der Waals surface area (Å²) in [4.78, 5) is 12.7. The number of benzene rings is 2. The first-order valence-electron chi connectivity index (χ1n) is 8.04. The second kappa shape index (κ2) is 7.27. The molecule has 0 radical (unpaired) electrons. The summed E-state index contributed by atoms with van der Waals surface area (Å²) in [6.45, 7) is 7.32. The fraction of sp³-hybridized carbons (Fsp3) is 0.316. The van der Waals surface area contributed by atoms with Crippen molar-refractivity contribution in [2.24, 2.45) is 0 Å². The molecule has 0 aliphatic rings. The van der Waals surface area contributed by atoms with Crippen LogP contribution in [0.3, 0.4) is 0 Å². The van der Waals surface area contributed by atoms with Crippen LogP contribution in [0.4, 0.5) is 11.4 Å². The van der Waals surface area contributed by atoms with Gasteiger partial charge in [0.05, 0.1) is 11.9 Å². The molecular formula is C19H24N2O3S. The van der Waals surface area contributed by atoms with Crippen LogP contribution >= 0.6 is 0 Å². The average Bonchev–Trinajstić information content (AvgIpc) is 2.51. The molecule has 1 N–H and O–H groups in total. The summed E-state index contributed by atoms with van der Waals surface area (Å²) in [7, 11) is -3.62. The number of nitrogens with one attached hydrogen (secondary N) is 1. The van der Waals surface area contributed by atoms with Gasteiger partial charge in [0, 0.05) is 5.69 Å². The van der Waals surface area contributed by atoms with E-state index in [1.165, 1.54) is 0 Å². The molecule has 0 bridgehead atoms. The number of hydrogen-bond acceptors (Lipinski definition) is 3. The lowest BCUT2D eigenvalue weighted by molar-refractivity contribution is -0.116. The van der Waals surface area contributed by atoms with E-state index in [9.17, 15) is 13.2 Å². The smallest absolute Gasteiger partial charge is 0.248 e. The second-order valence-electron chi connectivity index (χ2n) is 6.33. The highest BCUT2D eigenvalue weighted by Gasteiger charge is 2.29. The number of carbonyl (C=O) groups excluding carboxylic acids is 1. The molecule has 1 amide bonds. The predicted molar refractivity (Wildman–Crippen MR) is 103 cm³/mol. The van der Waals surface area contributed by atoms with Crippen LogP contribution in [-0.4, -0.2) is 26.6 Å². The molecule has 0 saturated heterocycles. The number of aryl methyl sites for hydroxylation is 3. The highest BCUT2D eigenvalue weighted by atomic mass is 32.2. The van der Waals surface area contributed by atoms with Crippen molar-refractivity contribution in [3.05, 3.63) is 59.2 Å². The number of rotatable bonds is 5. The normalized spacial score (nSPS) is 12.5. The minimum absolute atomic E-state index is 0.372. The van der Waals surface area contributed by atoms with Crippen molar-refractivity contribution in [2.75, 3.05) is 15.9 Å². The van der Waals surface area contributed by atoms with Gasteiger partial charge in [-0.15, -0.1) is 0 Å². The fourth-order valence-electron chi connectivity index (χ4n) is 2.74. The molecule has 0 aliphatic carbocycles. The number of nitrogens with zero attached hydrogens (tertiary/aromatic N) is 1. The first-order valence-corrected chi connectivity index (χ1v) is 9.89. The summed E-state index contributed by atoms with van der Waals surface area (Å²) in [6, 6.07) is 11.9. The Morgan fingerprint density at radius 2 is 1.52 bits per heavy atom. The van der Waals surface area contributed by atoms with Crippen molar-refractivity contribution in [1.29, 1.82) is 0 Å². The number of amides is 1. The number of carbonyl (C=O) groups is 1. The van der Waals surface area contributed by atoms with E-state index in [4.69, 9.17) is 0 Å². The summed E-state index contributed by atoms with van der Waals surface area (Å²) in [5.41, 5.74) is 4.07. The van der Waals surface area contributed by atoms with Crippen molar-refractivity contribution in [3.8, 4) is 0 Å². The molecule has 0 fully saturated rings. The third-order valence-corrected chi connectivity index (χ3v) is 5.35. The molecule has 134 valence electrons. The van der Waals surface area contributed by atoms with E-state index in [2.05, 4.69) is 5.32 Å². The van der Waals surface area contributed by atoms with Gasteiger partial charge in [0.1, 0.15) is 6.04 Å². The molecule has 0 saturated carbocycles. The van der Waals surface area contributed by atoms with Gasteiger partial charge in [-0.05, 0) is 51.0 Å².